The maximum atomic E-state index is 12.4. The van der Waals surface area contributed by atoms with Crippen molar-refractivity contribution in [1.82, 2.24) is 4.98 Å². The lowest BCUT2D eigenvalue weighted by molar-refractivity contribution is 0.601. The first-order valence-corrected chi connectivity index (χ1v) is 8.98. The van der Waals surface area contributed by atoms with Gasteiger partial charge in [0.2, 0.25) is 0 Å². The van der Waals surface area contributed by atoms with Gasteiger partial charge in [-0.25, -0.2) is 13.4 Å². The zero-order chi connectivity index (χ0) is 14.9. The molecule has 3 rings (SSSR count). The lowest BCUT2D eigenvalue weighted by Gasteiger charge is -2.18. The Balaban J connectivity index is 1.91. The quantitative estimate of drug-likeness (QED) is 0.909. The number of fused-ring (bicyclic) bond motifs is 1. The maximum absolute atomic E-state index is 12.4. The number of sulfonamides is 1. The van der Waals surface area contributed by atoms with E-state index in [0.29, 0.717) is 5.82 Å². The molecule has 1 aliphatic rings. The summed E-state index contributed by atoms with van der Waals surface area (Å²) in [6.45, 7) is 2.73. The van der Waals surface area contributed by atoms with Crippen molar-refractivity contribution in [2.45, 2.75) is 16.7 Å². The Bertz CT molecular complexity index is 776. The van der Waals surface area contributed by atoms with Crippen LogP contribution in [0.25, 0.3) is 0 Å². The molecule has 5 nitrogen and oxygen atoms in total. The molecule has 0 unspecified atom stereocenters. The number of pyridine rings is 1. The molecule has 0 amide bonds. The fourth-order valence-corrected chi connectivity index (χ4v) is 3.98. The van der Waals surface area contributed by atoms with Gasteiger partial charge in [-0.15, -0.1) is 11.8 Å². The molecule has 110 valence electrons. The Morgan fingerprint density at radius 2 is 2.14 bits per heavy atom. The molecule has 21 heavy (non-hydrogen) atoms. The van der Waals surface area contributed by atoms with Crippen molar-refractivity contribution in [3.63, 3.8) is 0 Å². The molecule has 0 saturated heterocycles. The van der Waals surface area contributed by atoms with Crippen molar-refractivity contribution in [2.75, 3.05) is 22.3 Å². The van der Waals surface area contributed by atoms with Crippen molar-refractivity contribution < 1.29 is 8.42 Å². The number of benzene rings is 1. The average molecular weight is 321 g/mol. The van der Waals surface area contributed by atoms with E-state index in [1.165, 1.54) is 0 Å². The fraction of sp³-hybridized carbons (Fsp3) is 0.214. The van der Waals surface area contributed by atoms with Crippen LogP contribution in [0, 0.1) is 6.92 Å². The standard InChI is InChI=1S/C14H15N3O2S2/c1-10-4-5-16-14(8-10)17-21(18,19)11-2-3-13-12(9-11)15-6-7-20-13/h2-5,8-9,15H,6-7H2,1H3,(H,16,17). The SMILES string of the molecule is Cc1ccnc(NS(=O)(=O)c2ccc3c(c2)NCCS3)c1. The highest BCUT2D eigenvalue weighted by molar-refractivity contribution is 7.99. The number of anilines is 2. The number of aromatic nitrogens is 1. The van der Waals surface area contributed by atoms with Gasteiger partial charge in [0, 0.05) is 29.1 Å². The van der Waals surface area contributed by atoms with E-state index in [4.69, 9.17) is 0 Å². The number of hydrogen-bond donors (Lipinski definition) is 2. The smallest absolute Gasteiger partial charge is 0.263 e. The van der Waals surface area contributed by atoms with Gasteiger partial charge in [0.1, 0.15) is 5.82 Å². The molecule has 2 aromatic rings. The first-order chi connectivity index (χ1) is 10.0. The van der Waals surface area contributed by atoms with E-state index >= 15 is 0 Å². The van der Waals surface area contributed by atoms with Crippen LogP contribution in [-0.2, 0) is 10.0 Å². The van der Waals surface area contributed by atoms with Gasteiger partial charge in [-0.3, -0.25) is 4.72 Å². The minimum absolute atomic E-state index is 0.236. The summed E-state index contributed by atoms with van der Waals surface area (Å²) < 4.78 is 27.3. The van der Waals surface area contributed by atoms with Gasteiger partial charge in [0.05, 0.1) is 4.90 Å². The van der Waals surface area contributed by atoms with Crippen molar-refractivity contribution in [1.29, 1.82) is 0 Å². The van der Waals surface area contributed by atoms with E-state index in [1.807, 2.05) is 19.1 Å². The third-order valence-electron chi connectivity index (χ3n) is 3.09. The first-order valence-electron chi connectivity index (χ1n) is 6.51. The molecule has 0 spiro atoms. The Morgan fingerprint density at radius 1 is 1.29 bits per heavy atom. The molecule has 0 saturated carbocycles. The number of rotatable bonds is 3. The van der Waals surface area contributed by atoms with Crippen LogP contribution in [0.3, 0.4) is 0 Å². The molecule has 0 radical (unpaired) electrons. The zero-order valence-corrected chi connectivity index (χ0v) is 13.1. The molecule has 1 aromatic carbocycles. The van der Waals surface area contributed by atoms with Crippen LogP contribution in [0.5, 0.6) is 0 Å². The summed E-state index contributed by atoms with van der Waals surface area (Å²) in [5, 5.41) is 3.22. The number of nitrogens with zero attached hydrogens (tertiary/aromatic N) is 1. The molecule has 7 heteroatoms. The molecule has 1 aliphatic heterocycles. The maximum Gasteiger partial charge on any atom is 0.263 e. The molecular formula is C14H15N3O2S2. The van der Waals surface area contributed by atoms with E-state index in [2.05, 4.69) is 15.0 Å². The molecule has 1 aromatic heterocycles. The molecule has 0 bridgehead atoms. The largest absolute Gasteiger partial charge is 0.383 e. The third kappa shape index (κ3) is 3.14. The summed E-state index contributed by atoms with van der Waals surface area (Å²) in [4.78, 5) is 5.34. The normalized spacial score (nSPS) is 14.1. The molecule has 0 fully saturated rings. The fourth-order valence-electron chi connectivity index (χ4n) is 2.08. The van der Waals surface area contributed by atoms with Gasteiger partial charge in [0.25, 0.3) is 10.0 Å². The van der Waals surface area contributed by atoms with Crippen molar-refractivity contribution in [2.24, 2.45) is 0 Å². The predicted octanol–water partition coefficient (Wildman–Crippen LogP) is 2.71. The van der Waals surface area contributed by atoms with Crippen LogP contribution >= 0.6 is 11.8 Å². The second-order valence-electron chi connectivity index (χ2n) is 4.76. The Morgan fingerprint density at radius 3 is 2.95 bits per heavy atom. The summed E-state index contributed by atoms with van der Waals surface area (Å²) >= 11 is 1.72. The highest BCUT2D eigenvalue weighted by atomic mass is 32.2. The molecular weight excluding hydrogens is 306 g/mol. The van der Waals surface area contributed by atoms with E-state index in [0.717, 1.165) is 28.4 Å². The number of hydrogen-bond acceptors (Lipinski definition) is 5. The molecule has 0 aliphatic carbocycles. The summed E-state index contributed by atoms with van der Waals surface area (Å²) in [5.74, 6) is 1.32. The Labute approximate surface area is 128 Å². The van der Waals surface area contributed by atoms with Crippen LogP contribution in [0.15, 0.2) is 46.3 Å². The second-order valence-corrected chi connectivity index (χ2v) is 7.58. The highest BCUT2D eigenvalue weighted by Gasteiger charge is 2.18. The van der Waals surface area contributed by atoms with E-state index in [1.54, 1.807) is 36.2 Å². The number of nitrogens with one attached hydrogen (secondary N) is 2. The van der Waals surface area contributed by atoms with Crippen molar-refractivity contribution >= 4 is 33.3 Å². The predicted molar refractivity (Wildman–Crippen MR) is 85.4 cm³/mol. The van der Waals surface area contributed by atoms with Gasteiger partial charge in [-0.05, 0) is 42.8 Å². The van der Waals surface area contributed by atoms with Gasteiger partial charge in [0.15, 0.2) is 0 Å². The number of aryl methyl sites for hydroxylation is 1. The second kappa shape index (κ2) is 5.57. The monoisotopic (exact) mass is 321 g/mol. The average Bonchev–Trinajstić information content (AvgIpc) is 2.46. The van der Waals surface area contributed by atoms with Crippen LogP contribution in [0.1, 0.15) is 5.56 Å². The minimum Gasteiger partial charge on any atom is -0.383 e. The molecule has 2 heterocycles. The van der Waals surface area contributed by atoms with Crippen molar-refractivity contribution in [3.8, 4) is 0 Å². The van der Waals surface area contributed by atoms with Crippen LogP contribution in [0.4, 0.5) is 11.5 Å². The van der Waals surface area contributed by atoms with Crippen LogP contribution < -0.4 is 10.0 Å². The van der Waals surface area contributed by atoms with E-state index in [9.17, 15) is 8.42 Å². The Kier molecular flexibility index (Phi) is 3.77. The lowest BCUT2D eigenvalue weighted by atomic mass is 10.3. The topological polar surface area (TPSA) is 71.1 Å². The summed E-state index contributed by atoms with van der Waals surface area (Å²) in [5.41, 5.74) is 1.82. The summed E-state index contributed by atoms with van der Waals surface area (Å²) in [6, 6.07) is 8.64. The lowest BCUT2D eigenvalue weighted by Crippen LogP contribution is -2.16. The summed E-state index contributed by atoms with van der Waals surface area (Å²) in [6.07, 6.45) is 1.58. The van der Waals surface area contributed by atoms with Gasteiger partial charge in [-0.2, -0.15) is 0 Å². The van der Waals surface area contributed by atoms with Crippen LogP contribution in [-0.4, -0.2) is 25.7 Å². The Hall–Kier alpha value is -1.73. The minimum atomic E-state index is -3.63. The molecule has 2 N–H and O–H groups in total. The number of thioether (sulfide) groups is 1. The van der Waals surface area contributed by atoms with Gasteiger partial charge < -0.3 is 5.32 Å². The van der Waals surface area contributed by atoms with E-state index < -0.39 is 10.0 Å². The molecule has 0 atom stereocenters. The first kappa shape index (κ1) is 14.2. The van der Waals surface area contributed by atoms with E-state index in [-0.39, 0.29) is 4.90 Å². The zero-order valence-electron chi connectivity index (χ0n) is 11.5. The van der Waals surface area contributed by atoms with Gasteiger partial charge >= 0.3 is 0 Å². The third-order valence-corrected chi connectivity index (χ3v) is 5.52. The van der Waals surface area contributed by atoms with Gasteiger partial charge in [-0.1, -0.05) is 0 Å². The van der Waals surface area contributed by atoms with Crippen LogP contribution in [0.2, 0.25) is 0 Å². The highest BCUT2D eigenvalue weighted by Crippen LogP contribution is 2.32. The summed E-state index contributed by atoms with van der Waals surface area (Å²) in [7, 11) is -3.63. The van der Waals surface area contributed by atoms with Crippen molar-refractivity contribution in [3.05, 3.63) is 42.1 Å².